The average Bonchev–Trinajstić information content (AvgIpc) is 2.47. The first kappa shape index (κ1) is 16.2. The number of esters is 1. The summed E-state index contributed by atoms with van der Waals surface area (Å²) in [7, 11) is 0. The first-order valence-electron chi connectivity index (χ1n) is 7.02. The van der Waals surface area contributed by atoms with Crippen molar-refractivity contribution in [3.05, 3.63) is 34.1 Å². The van der Waals surface area contributed by atoms with Gasteiger partial charge < -0.3 is 9.64 Å². The first-order valence-corrected chi connectivity index (χ1v) is 7.02. The molecule has 2 rings (SSSR count). The molecule has 0 aromatic heterocycles. The maximum atomic E-state index is 13.6. The van der Waals surface area contributed by atoms with E-state index < -0.39 is 16.4 Å². The molecule has 1 aliphatic heterocycles. The second kappa shape index (κ2) is 7.17. The third kappa shape index (κ3) is 3.91. The van der Waals surface area contributed by atoms with Crippen molar-refractivity contribution in [3.8, 4) is 0 Å². The number of ether oxygens (including phenoxy) is 1. The van der Waals surface area contributed by atoms with E-state index in [1.165, 1.54) is 13.0 Å². The molecule has 1 saturated heterocycles. The monoisotopic (exact) mass is 311 g/mol. The van der Waals surface area contributed by atoms with Crippen LogP contribution in [0.15, 0.2) is 18.2 Å². The van der Waals surface area contributed by atoms with Gasteiger partial charge in [-0.25, -0.2) is 0 Å². The number of carbonyl (C=O) groups is 1. The minimum absolute atomic E-state index is 0.310. The second-order valence-corrected chi connectivity index (χ2v) is 5.03. The molecule has 0 saturated carbocycles. The summed E-state index contributed by atoms with van der Waals surface area (Å²) in [4.78, 5) is 25.0. The Morgan fingerprint density at radius 2 is 2.05 bits per heavy atom. The number of nitro benzene ring substituents is 1. The van der Waals surface area contributed by atoms with Gasteiger partial charge in [0.1, 0.15) is 12.3 Å². The molecular weight excluding hydrogens is 293 g/mol. The minimum atomic E-state index is -0.820. The van der Waals surface area contributed by atoms with Crippen LogP contribution in [0, 0.1) is 15.9 Å². The van der Waals surface area contributed by atoms with Gasteiger partial charge in [0.15, 0.2) is 0 Å². The zero-order chi connectivity index (χ0) is 16.1. The number of halogens is 1. The lowest BCUT2D eigenvalue weighted by Gasteiger charge is -2.35. The van der Waals surface area contributed by atoms with Crippen molar-refractivity contribution in [2.24, 2.45) is 0 Å². The van der Waals surface area contributed by atoms with Crippen molar-refractivity contribution in [1.82, 2.24) is 4.90 Å². The smallest absolute Gasteiger partial charge is 0.327 e. The van der Waals surface area contributed by atoms with Crippen molar-refractivity contribution in [2.45, 2.75) is 6.92 Å². The normalized spacial score (nSPS) is 15.6. The van der Waals surface area contributed by atoms with Crippen molar-refractivity contribution in [2.75, 3.05) is 44.2 Å². The molecule has 0 atom stereocenters. The Balaban J connectivity index is 1.96. The lowest BCUT2D eigenvalue weighted by atomic mass is 10.2. The molecule has 0 spiro atoms. The number of carbonyl (C=O) groups excluding carboxylic acids is 1. The molecule has 0 aliphatic carbocycles. The predicted molar refractivity (Wildman–Crippen MR) is 78.3 cm³/mol. The molecule has 1 heterocycles. The van der Waals surface area contributed by atoms with Crippen LogP contribution in [-0.2, 0) is 9.53 Å². The SMILES string of the molecule is CC(=O)OCCN1CCN(c2cccc(F)c2[N+](=O)[O-])CC1. The number of piperazine rings is 1. The van der Waals surface area contributed by atoms with E-state index in [9.17, 15) is 19.3 Å². The fourth-order valence-electron chi connectivity index (χ4n) is 2.47. The summed E-state index contributed by atoms with van der Waals surface area (Å²) >= 11 is 0. The van der Waals surface area contributed by atoms with Crippen molar-refractivity contribution in [1.29, 1.82) is 0 Å². The first-order chi connectivity index (χ1) is 10.5. The molecule has 0 bridgehead atoms. The van der Waals surface area contributed by atoms with Crippen LogP contribution < -0.4 is 4.90 Å². The van der Waals surface area contributed by atoms with E-state index in [2.05, 4.69) is 4.90 Å². The van der Waals surface area contributed by atoms with E-state index in [0.29, 0.717) is 45.0 Å². The summed E-state index contributed by atoms with van der Waals surface area (Å²) in [5.41, 5.74) is -0.166. The van der Waals surface area contributed by atoms with Gasteiger partial charge in [-0.1, -0.05) is 6.07 Å². The standard InChI is InChI=1S/C14H18FN3O4/c1-11(19)22-10-9-16-5-7-17(8-6-16)13-4-2-3-12(15)14(13)18(20)21/h2-4H,5-10H2,1H3. The van der Waals surface area contributed by atoms with Gasteiger partial charge in [0.25, 0.3) is 0 Å². The zero-order valence-corrected chi connectivity index (χ0v) is 12.3. The third-order valence-electron chi connectivity index (χ3n) is 3.57. The molecule has 0 unspecified atom stereocenters. The van der Waals surface area contributed by atoms with Gasteiger partial charge in [-0.15, -0.1) is 0 Å². The van der Waals surface area contributed by atoms with Crippen LogP contribution in [0.2, 0.25) is 0 Å². The van der Waals surface area contributed by atoms with Crippen LogP contribution in [0.5, 0.6) is 0 Å². The fraction of sp³-hybridized carbons (Fsp3) is 0.500. The van der Waals surface area contributed by atoms with Crippen LogP contribution in [-0.4, -0.2) is 55.1 Å². The number of para-hydroxylation sites is 1. The van der Waals surface area contributed by atoms with E-state index in [4.69, 9.17) is 4.74 Å². The maximum absolute atomic E-state index is 13.6. The van der Waals surface area contributed by atoms with Gasteiger partial charge in [-0.05, 0) is 12.1 Å². The van der Waals surface area contributed by atoms with Gasteiger partial charge in [0.2, 0.25) is 5.82 Å². The summed E-state index contributed by atoms with van der Waals surface area (Å²) in [5.74, 6) is -1.13. The molecule has 0 N–H and O–H groups in total. The van der Waals surface area contributed by atoms with Gasteiger partial charge in [0.05, 0.1) is 4.92 Å². The van der Waals surface area contributed by atoms with Gasteiger partial charge in [-0.2, -0.15) is 4.39 Å². The van der Waals surface area contributed by atoms with E-state index >= 15 is 0 Å². The highest BCUT2D eigenvalue weighted by Crippen LogP contribution is 2.31. The molecule has 1 fully saturated rings. The van der Waals surface area contributed by atoms with Crippen LogP contribution in [0.3, 0.4) is 0 Å². The quantitative estimate of drug-likeness (QED) is 0.465. The highest BCUT2D eigenvalue weighted by Gasteiger charge is 2.26. The van der Waals surface area contributed by atoms with E-state index in [1.807, 2.05) is 4.90 Å². The van der Waals surface area contributed by atoms with E-state index in [-0.39, 0.29) is 5.97 Å². The lowest BCUT2D eigenvalue weighted by molar-refractivity contribution is -0.386. The number of rotatable bonds is 5. The number of nitro groups is 1. The van der Waals surface area contributed by atoms with Gasteiger partial charge >= 0.3 is 11.7 Å². The number of nitrogens with zero attached hydrogens (tertiary/aromatic N) is 3. The number of hydrogen-bond donors (Lipinski definition) is 0. The predicted octanol–water partition coefficient (Wildman–Crippen LogP) is 1.42. The highest BCUT2D eigenvalue weighted by atomic mass is 19.1. The second-order valence-electron chi connectivity index (χ2n) is 5.03. The molecular formula is C14H18FN3O4. The molecule has 8 heteroatoms. The lowest BCUT2D eigenvalue weighted by Crippen LogP contribution is -2.47. The molecule has 120 valence electrons. The molecule has 7 nitrogen and oxygen atoms in total. The summed E-state index contributed by atoms with van der Waals surface area (Å²) in [5, 5.41) is 11.0. The molecule has 1 aliphatic rings. The van der Waals surface area contributed by atoms with Gasteiger partial charge in [0, 0.05) is 39.6 Å². The molecule has 22 heavy (non-hydrogen) atoms. The summed E-state index contributed by atoms with van der Waals surface area (Å²) < 4.78 is 18.5. The highest BCUT2D eigenvalue weighted by molar-refractivity contribution is 5.66. The summed E-state index contributed by atoms with van der Waals surface area (Å²) in [6.07, 6.45) is 0. The topological polar surface area (TPSA) is 75.9 Å². The van der Waals surface area contributed by atoms with Crippen LogP contribution in [0.25, 0.3) is 0 Å². The van der Waals surface area contributed by atoms with Crippen LogP contribution in [0.1, 0.15) is 6.92 Å². The zero-order valence-electron chi connectivity index (χ0n) is 12.3. The van der Waals surface area contributed by atoms with Crippen molar-refractivity contribution >= 4 is 17.3 Å². The Labute approximate surface area is 127 Å². The number of benzene rings is 1. The largest absolute Gasteiger partial charge is 0.465 e. The molecule has 0 amide bonds. The Kier molecular flexibility index (Phi) is 5.26. The fourth-order valence-corrected chi connectivity index (χ4v) is 2.47. The third-order valence-corrected chi connectivity index (χ3v) is 3.57. The Morgan fingerprint density at radius 1 is 1.36 bits per heavy atom. The number of anilines is 1. The number of hydrogen-bond acceptors (Lipinski definition) is 6. The molecule has 1 aromatic carbocycles. The summed E-state index contributed by atoms with van der Waals surface area (Å²) in [6, 6.07) is 4.14. The maximum Gasteiger partial charge on any atom is 0.327 e. The van der Waals surface area contributed by atoms with Crippen molar-refractivity contribution in [3.63, 3.8) is 0 Å². The summed E-state index contributed by atoms with van der Waals surface area (Å²) in [6.45, 7) is 4.79. The van der Waals surface area contributed by atoms with Crippen LogP contribution in [0.4, 0.5) is 15.8 Å². The van der Waals surface area contributed by atoms with Crippen LogP contribution >= 0.6 is 0 Å². The Bertz CT molecular complexity index is 559. The average molecular weight is 311 g/mol. The Hall–Kier alpha value is -2.22. The van der Waals surface area contributed by atoms with Gasteiger partial charge in [-0.3, -0.25) is 19.8 Å². The van der Waals surface area contributed by atoms with Crippen molar-refractivity contribution < 1.29 is 18.8 Å². The molecule has 0 radical (unpaired) electrons. The van der Waals surface area contributed by atoms with E-state index in [0.717, 1.165) is 6.07 Å². The molecule has 1 aromatic rings. The van der Waals surface area contributed by atoms with E-state index in [1.54, 1.807) is 6.07 Å². The minimum Gasteiger partial charge on any atom is -0.465 e. The Morgan fingerprint density at radius 3 is 2.64 bits per heavy atom.